The summed E-state index contributed by atoms with van der Waals surface area (Å²) in [5.74, 6) is -0.902. The Kier molecular flexibility index (Phi) is 1.77. The number of rotatable bonds is 1. The molecule has 0 saturated carbocycles. The second-order valence-electron chi connectivity index (χ2n) is 3.23. The molecule has 0 fully saturated rings. The van der Waals surface area contributed by atoms with E-state index in [4.69, 9.17) is 5.11 Å². The Morgan fingerprint density at radius 2 is 2.29 bits per heavy atom. The van der Waals surface area contributed by atoms with E-state index in [0.29, 0.717) is 5.69 Å². The summed E-state index contributed by atoms with van der Waals surface area (Å²) in [7, 11) is 1.75. The van der Waals surface area contributed by atoms with Crippen LogP contribution in [0, 0.1) is 6.92 Å². The molecule has 0 aliphatic rings. The average molecular weight is 190 g/mol. The fourth-order valence-corrected chi connectivity index (χ4v) is 1.77. The number of carbonyl (C=O) groups is 1. The van der Waals surface area contributed by atoms with E-state index in [-0.39, 0.29) is 0 Å². The number of pyridine rings is 1. The molecule has 0 atom stereocenters. The molecule has 0 bridgehead atoms. The van der Waals surface area contributed by atoms with Crippen molar-refractivity contribution in [2.75, 3.05) is 0 Å². The highest BCUT2D eigenvalue weighted by molar-refractivity contribution is 5.97. The first kappa shape index (κ1) is 8.74. The molecule has 2 rings (SSSR count). The van der Waals surface area contributed by atoms with Gasteiger partial charge in [-0.2, -0.15) is 0 Å². The zero-order valence-corrected chi connectivity index (χ0v) is 7.98. The molecule has 0 aliphatic heterocycles. The van der Waals surface area contributed by atoms with Crippen LogP contribution in [-0.2, 0) is 7.05 Å². The van der Waals surface area contributed by atoms with Gasteiger partial charge in [-0.25, -0.2) is 4.79 Å². The Balaban J connectivity index is 2.92. The fraction of sp³-hybridized carbons (Fsp3) is 0.200. The molecular formula is C10H10N2O2. The van der Waals surface area contributed by atoms with Crippen molar-refractivity contribution >= 4 is 16.9 Å². The summed E-state index contributed by atoms with van der Waals surface area (Å²) in [5, 5.41) is 9.90. The van der Waals surface area contributed by atoms with Gasteiger partial charge in [0.2, 0.25) is 0 Å². The molecule has 0 spiro atoms. The van der Waals surface area contributed by atoms with Crippen molar-refractivity contribution in [3.63, 3.8) is 0 Å². The lowest BCUT2D eigenvalue weighted by molar-refractivity contribution is 0.0686. The molecule has 2 aromatic heterocycles. The third-order valence-corrected chi connectivity index (χ3v) is 2.46. The SMILES string of the molecule is Cc1c(C(=O)O)n(C)c2ccncc12. The maximum atomic E-state index is 11.0. The van der Waals surface area contributed by atoms with E-state index in [1.807, 2.05) is 6.07 Å². The normalized spacial score (nSPS) is 10.7. The summed E-state index contributed by atoms with van der Waals surface area (Å²) in [6.45, 7) is 1.80. The summed E-state index contributed by atoms with van der Waals surface area (Å²) < 4.78 is 1.68. The number of aryl methyl sites for hydroxylation is 2. The Hall–Kier alpha value is -1.84. The number of aromatic nitrogens is 2. The van der Waals surface area contributed by atoms with Crippen LogP contribution in [0.1, 0.15) is 16.1 Å². The quantitative estimate of drug-likeness (QED) is 0.742. The molecule has 4 nitrogen and oxygen atoms in total. The molecule has 0 amide bonds. The highest BCUT2D eigenvalue weighted by Gasteiger charge is 2.16. The highest BCUT2D eigenvalue weighted by atomic mass is 16.4. The van der Waals surface area contributed by atoms with Crippen LogP contribution < -0.4 is 0 Å². The molecule has 0 saturated heterocycles. The van der Waals surface area contributed by atoms with E-state index in [2.05, 4.69) is 4.98 Å². The topological polar surface area (TPSA) is 55.1 Å². The van der Waals surface area contributed by atoms with Crippen LogP contribution in [0.15, 0.2) is 18.5 Å². The minimum atomic E-state index is -0.902. The molecule has 0 aromatic carbocycles. The van der Waals surface area contributed by atoms with Crippen LogP contribution in [0.2, 0.25) is 0 Å². The number of hydrogen-bond acceptors (Lipinski definition) is 2. The summed E-state index contributed by atoms with van der Waals surface area (Å²) in [6.07, 6.45) is 3.35. The summed E-state index contributed by atoms with van der Waals surface area (Å²) in [4.78, 5) is 15.0. The lowest BCUT2D eigenvalue weighted by Crippen LogP contribution is -2.05. The van der Waals surface area contributed by atoms with Gasteiger partial charge in [0.1, 0.15) is 5.69 Å². The number of carboxylic acid groups (broad SMARTS) is 1. The number of hydrogen-bond donors (Lipinski definition) is 1. The van der Waals surface area contributed by atoms with Gasteiger partial charge in [0.15, 0.2) is 0 Å². The predicted molar refractivity (Wildman–Crippen MR) is 52.4 cm³/mol. The van der Waals surface area contributed by atoms with Gasteiger partial charge < -0.3 is 9.67 Å². The molecular weight excluding hydrogens is 180 g/mol. The molecule has 0 unspecified atom stereocenters. The number of aromatic carboxylic acids is 1. The van der Waals surface area contributed by atoms with Crippen molar-refractivity contribution in [1.29, 1.82) is 0 Å². The summed E-state index contributed by atoms with van der Waals surface area (Å²) >= 11 is 0. The maximum absolute atomic E-state index is 11.0. The third-order valence-electron chi connectivity index (χ3n) is 2.46. The molecule has 4 heteroatoms. The van der Waals surface area contributed by atoms with E-state index in [0.717, 1.165) is 16.5 Å². The fourth-order valence-electron chi connectivity index (χ4n) is 1.77. The molecule has 1 N–H and O–H groups in total. The highest BCUT2D eigenvalue weighted by Crippen LogP contribution is 2.23. The number of carboxylic acids is 1. The van der Waals surface area contributed by atoms with E-state index in [1.54, 1.807) is 30.9 Å². The van der Waals surface area contributed by atoms with Crippen molar-refractivity contribution in [3.05, 3.63) is 29.7 Å². The summed E-state index contributed by atoms with van der Waals surface area (Å²) in [5.41, 5.74) is 1.99. The molecule has 2 heterocycles. The Labute approximate surface area is 80.8 Å². The third kappa shape index (κ3) is 1.00. The number of nitrogens with zero attached hydrogens (tertiary/aromatic N) is 2. The Morgan fingerprint density at radius 3 is 2.86 bits per heavy atom. The monoisotopic (exact) mass is 190 g/mol. The zero-order valence-electron chi connectivity index (χ0n) is 7.98. The Bertz CT molecular complexity index is 475. The maximum Gasteiger partial charge on any atom is 0.352 e. The smallest absolute Gasteiger partial charge is 0.352 e. The van der Waals surface area contributed by atoms with Crippen molar-refractivity contribution in [1.82, 2.24) is 9.55 Å². The lowest BCUT2D eigenvalue weighted by atomic mass is 10.2. The lowest BCUT2D eigenvalue weighted by Gasteiger charge is -1.98. The van der Waals surface area contributed by atoms with Crippen LogP contribution >= 0.6 is 0 Å². The van der Waals surface area contributed by atoms with Gasteiger partial charge in [-0.3, -0.25) is 4.98 Å². The zero-order chi connectivity index (χ0) is 10.3. The van der Waals surface area contributed by atoms with Gasteiger partial charge >= 0.3 is 5.97 Å². The second kappa shape index (κ2) is 2.83. The van der Waals surface area contributed by atoms with Gasteiger partial charge in [-0.15, -0.1) is 0 Å². The second-order valence-corrected chi connectivity index (χ2v) is 3.23. The van der Waals surface area contributed by atoms with Crippen LogP contribution in [-0.4, -0.2) is 20.6 Å². The van der Waals surface area contributed by atoms with E-state index >= 15 is 0 Å². The molecule has 0 radical (unpaired) electrons. The largest absolute Gasteiger partial charge is 0.477 e. The van der Waals surface area contributed by atoms with Crippen LogP contribution in [0.5, 0.6) is 0 Å². The number of fused-ring (bicyclic) bond motifs is 1. The molecule has 0 aliphatic carbocycles. The van der Waals surface area contributed by atoms with Crippen LogP contribution in [0.4, 0.5) is 0 Å². The average Bonchev–Trinajstić information content (AvgIpc) is 2.41. The molecule has 14 heavy (non-hydrogen) atoms. The predicted octanol–water partition coefficient (Wildman–Crippen LogP) is 1.58. The van der Waals surface area contributed by atoms with Crippen molar-refractivity contribution in [3.8, 4) is 0 Å². The van der Waals surface area contributed by atoms with Gasteiger partial charge in [0.05, 0.1) is 5.52 Å². The van der Waals surface area contributed by atoms with Crippen molar-refractivity contribution in [2.45, 2.75) is 6.92 Å². The van der Waals surface area contributed by atoms with E-state index in [9.17, 15) is 4.79 Å². The Morgan fingerprint density at radius 1 is 1.57 bits per heavy atom. The van der Waals surface area contributed by atoms with Gasteiger partial charge in [-0.05, 0) is 18.6 Å². The molecule has 72 valence electrons. The van der Waals surface area contributed by atoms with Crippen molar-refractivity contribution < 1.29 is 9.90 Å². The van der Waals surface area contributed by atoms with Crippen LogP contribution in [0.25, 0.3) is 10.9 Å². The minimum absolute atomic E-state index is 0.327. The van der Waals surface area contributed by atoms with E-state index < -0.39 is 5.97 Å². The standard InChI is InChI=1S/C10H10N2O2/c1-6-7-5-11-4-3-8(7)12(2)9(6)10(13)14/h3-5H,1-2H3,(H,13,14). The minimum Gasteiger partial charge on any atom is -0.477 e. The van der Waals surface area contributed by atoms with Crippen molar-refractivity contribution in [2.24, 2.45) is 7.05 Å². The first-order valence-electron chi connectivity index (χ1n) is 4.25. The van der Waals surface area contributed by atoms with E-state index in [1.165, 1.54) is 0 Å². The first-order chi connectivity index (χ1) is 6.63. The van der Waals surface area contributed by atoms with Gasteiger partial charge in [-0.1, -0.05) is 0 Å². The van der Waals surface area contributed by atoms with Crippen LogP contribution in [0.3, 0.4) is 0 Å². The molecule has 2 aromatic rings. The van der Waals surface area contributed by atoms with Gasteiger partial charge in [0.25, 0.3) is 0 Å². The van der Waals surface area contributed by atoms with Gasteiger partial charge in [0, 0.05) is 24.8 Å². The summed E-state index contributed by atoms with van der Waals surface area (Å²) in [6, 6.07) is 1.81. The first-order valence-corrected chi connectivity index (χ1v) is 4.25.